The number of alkyl halides is 3. The summed E-state index contributed by atoms with van der Waals surface area (Å²) in [6.45, 7) is 5.57. The first-order valence-corrected chi connectivity index (χ1v) is 5.99. The summed E-state index contributed by atoms with van der Waals surface area (Å²) in [5.74, 6) is 0. The van der Waals surface area contributed by atoms with Crippen LogP contribution < -0.4 is 10.6 Å². The van der Waals surface area contributed by atoms with E-state index in [1.807, 2.05) is 0 Å². The van der Waals surface area contributed by atoms with Crippen LogP contribution in [0.4, 0.5) is 13.2 Å². The highest BCUT2D eigenvalue weighted by Crippen LogP contribution is 2.26. The second-order valence-corrected chi connectivity index (χ2v) is 4.23. The van der Waals surface area contributed by atoms with E-state index in [-0.39, 0.29) is 4.90 Å². The molecule has 0 aromatic rings. The van der Waals surface area contributed by atoms with Crippen LogP contribution in [0, 0.1) is 11.3 Å². The van der Waals surface area contributed by atoms with Gasteiger partial charge in [-0.05, 0) is 19.1 Å². The van der Waals surface area contributed by atoms with Crippen LogP contribution in [0.2, 0.25) is 0 Å². The zero-order valence-corrected chi connectivity index (χ0v) is 10.6. The predicted octanol–water partition coefficient (Wildman–Crippen LogP) is 1.35. The van der Waals surface area contributed by atoms with Crippen molar-refractivity contribution in [1.29, 1.82) is 5.26 Å². The van der Waals surface area contributed by atoms with Gasteiger partial charge in [-0.2, -0.15) is 18.4 Å². The van der Waals surface area contributed by atoms with Gasteiger partial charge in [-0.3, -0.25) is 4.90 Å². The number of nitrogens with zero attached hydrogens (tertiary/aromatic N) is 2. The average Bonchev–Trinajstić information content (AvgIpc) is 2.39. The van der Waals surface area contributed by atoms with E-state index in [9.17, 15) is 13.2 Å². The Morgan fingerprint density at radius 1 is 1.32 bits per heavy atom. The molecule has 0 aromatic carbocycles. The van der Waals surface area contributed by atoms with Crippen LogP contribution in [0.1, 0.15) is 6.92 Å². The number of halogens is 3. The highest BCUT2D eigenvalue weighted by Gasteiger charge is 2.39. The second-order valence-electron chi connectivity index (χ2n) is 4.23. The van der Waals surface area contributed by atoms with E-state index in [2.05, 4.69) is 17.6 Å². The minimum atomic E-state index is -4.48. The number of piperazine rings is 1. The molecule has 4 nitrogen and oxygen atoms in total. The fourth-order valence-corrected chi connectivity index (χ4v) is 1.64. The van der Waals surface area contributed by atoms with E-state index in [1.54, 1.807) is 0 Å². The molecule has 0 saturated carbocycles. The first-order chi connectivity index (χ1) is 8.95. The Kier molecular flexibility index (Phi) is 5.86. The summed E-state index contributed by atoms with van der Waals surface area (Å²) in [4.78, 5) is 0.0486. The zero-order chi connectivity index (χ0) is 14.3. The molecule has 19 heavy (non-hydrogen) atoms. The van der Waals surface area contributed by atoms with E-state index in [4.69, 9.17) is 5.26 Å². The predicted molar refractivity (Wildman–Crippen MR) is 65.9 cm³/mol. The third kappa shape index (κ3) is 5.32. The normalized spacial score (nSPS) is 26.4. The molecule has 1 saturated heterocycles. The lowest BCUT2D eigenvalue weighted by atomic mass is 10.2. The largest absolute Gasteiger partial charge is 0.485 e. The van der Waals surface area contributed by atoms with Gasteiger partial charge < -0.3 is 10.6 Å². The first-order valence-electron chi connectivity index (χ1n) is 5.99. The average molecular weight is 274 g/mol. The first kappa shape index (κ1) is 15.5. The number of nitrogens with one attached hydrogen (secondary N) is 2. The minimum absolute atomic E-state index is 0.0486. The summed E-state index contributed by atoms with van der Waals surface area (Å²) in [5, 5.41) is 14.9. The van der Waals surface area contributed by atoms with Gasteiger partial charge in [0.2, 0.25) is 0 Å². The van der Waals surface area contributed by atoms with E-state index < -0.39 is 12.3 Å². The van der Waals surface area contributed by atoms with Gasteiger partial charge in [-0.1, -0.05) is 6.08 Å². The van der Waals surface area contributed by atoms with Crippen molar-refractivity contribution in [2.45, 2.75) is 25.3 Å². The highest BCUT2D eigenvalue weighted by atomic mass is 19.4. The van der Waals surface area contributed by atoms with Crippen LogP contribution in [0.5, 0.6) is 0 Å². The van der Waals surface area contributed by atoms with Gasteiger partial charge in [0, 0.05) is 31.9 Å². The maximum atomic E-state index is 12.1. The van der Waals surface area contributed by atoms with Gasteiger partial charge >= 0.3 is 6.30 Å². The molecule has 0 aromatic heterocycles. The summed E-state index contributed by atoms with van der Waals surface area (Å²) in [6.07, 6.45) is 0.195. The van der Waals surface area contributed by atoms with Crippen molar-refractivity contribution >= 4 is 0 Å². The van der Waals surface area contributed by atoms with Crippen LogP contribution in [-0.2, 0) is 0 Å². The molecule has 2 aliphatic heterocycles. The Morgan fingerprint density at radius 2 is 2.05 bits per heavy atom. The van der Waals surface area contributed by atoms with Gasteiger partial charge in [-0.25, -0.2) is 0 Å². The number of hydrogen-bond donors (Lipinski definition) is 2. The van der Waals surface area contributed by atoms with Crippen molar-refractivity contribution in [3.8, 4) is 6.07 Å². The van der Waals surface area contributed by atoms with Gasteiger partial charge in [-0.15, -0.1) is 0 Å². The smallest absolute Gasteiger partial charge is 0.314 e. The molecular formula is C12H17F3N4. The summed E-state index contributed by atoms with van der Waals surface area (Å²) >= 11 is 0. The lowest BCUT2D eigenvalue weighted by Crippen LogP contribution is -2.46. The van der Waals surface area contributed by atoms with Crippen molar-refractivity contribution in [3.05, 3.63) is 24.4 Å². The molecule has 2 rings (SSSR count). The molecule has 2 atom stereocenters. The zero-order valence-electron chi connectivity index (χ0n) is 10.6. The summed E-state index contributed by atoms with van der Waals surface area (Å²) < 4.78 is 36.2. The molecule has 2 aliphatic rings. The van der Waals surface area contributed by atoms with Crippen molar-refractivity contribution < 1.29 is 13.2 Å². The standard InChI is InChI=1S/C7H5F3N2.C5H12N2/c8-7(9,10)12-4-2-1-3-6(12)5-11;1-5-4-6-2-3-7-5/h1-4,6H;5-7H,2-4H2,1H3. The van der Waals surface area contributed by atoms with Crippen LogP contribution in [0.3, 0.4) is 0 Å². The van der Waals surface area contributed by atoms with Gasteiger partial charge in [0.15, 0.2) is 0 Å². The van der Waals surface area contributed by atoms with E-state index in [0.717, 1.165) is 25.8 Å². The van der Waals surface area contributed by atoms with E-state index >= 15 is 0 Å². The molecule has 0 radical (unpaired) electrons. The topological polar surface area (TPSA) is 51.1 Å². The van der Waals surface area contributed by atoms with Gasteiger partial charge in [0.1, 0.15) is 6.04 Å². The molecule has 2 N–H and O–H groups in total. The fourth-order valence-electron chi connectivity index (χ4n) is 1.64. The molecule has 0 aliphatic carbocycles. The minimum Gasteiger partial charge on any atom is -0.314 e. The number of allylic oxidation sites excluding steroid dienone is 2. The Bertz CT molecular complexity index is 364. The summed E-state index contributed by atoms with van der Waals surface area (Å²) in [6, 6.07) is 0.962. The van der Waals surface area contributed by atoms with Crippen molar-refractivity contribution in [2.75, 3.05) is 19.6 Å². The Hall–Kier alpha value is -1.52. The molecule has 2 unspecified atom stereocenters. The molecule has 1 fully saturated rings. The summed E-state index contributed by atoms with van der Waals surface area (Å²) in [5.41, 5.74) is 0. The lowest BCUT2D eigenvalue weighted by molar-refractivity contribution is -0.230. The fraction of sp³-hybridized carbons (Fsp3) is 0.583. The quantitative estimate of drug-likeness (QED) is 0.655. The number of rotatable bonds is 0. The van der Waals surface area contributed by atoms with Crippen LogP contribution in [0.15, 0.2) is 24.4 Å². The molecule has 0 spiro atoms. The van der Waals surface area contributed by atoms with Crippen LogP contribution in [-0.4, -0.2) is 42.9 Å². The van der Waals surface area contributed by atoms with Crippen molar-refractivity contribution in [3.63, 3.8) is 0 Å². The maximum Gasteiger partial charge on any atom is 0.485 e. The third-order valence-corrected chi connectivity index (χ3v) is 2.62. The Morgan fingerprint density at radius 3 is 2.42 bits per heavy atom. The number of hydrogen-bond acceptors (Lipinski definition) is 4. The van der Waals surface area contributed by atoms with Crippen LogP contribution >= 0.6 is 0 Å². The van der Waals surface area contributed by atoms with Crippen molar-refractivity contribution in [1.82, 2.24) is 15.5 Å². The molecule has 0 amide bonds. The lowest BCUT2D eigenvalue weighted by Gasteiger charge is -2.27. The third-order valence-electron chi connectivity index (χ3n) is 2.62. The molecular weight excluding hydrogens is 257 g/mol. The molecule has 106 valence electrons. The molecule has 0 bridgehead atoms. The Balaban J connectivity index is 0.000000218. The summed E-state index contributed by atoms with van der Waals surface area (Å²) in [7, 11) is 0. The van der Waals surface area contributed by atoms with E-state index in [1.165, 1.54) is 24.3 Å². The maximum absolute atomic E-state index is 12.1. The number of nitriles is 1. The van der Waals surface area contributed by atoms with Crippen molar-refractivity contribution in [2.24, 2.45) is 0 Å². The molecule has 7 heteroatoms. The Labute approximate surface area is 110 Å². The SMILES string of the molecule is CC1CNCCN1.N#CC1C=CC=CN1C(F)(F)F. The van der Waals surface area contributed by atoms with Crippen LogP contribution in [0.25, 0.3) is 0 Å². The second kappa shape index (κ2) is 7.16. The van der Waals surface area contributed by atoms with E-state index in [0.29, 0.717) is 6.04 Å². The van der Waals surface area contributed by atoms with Gasteiger partial charge in [0.25, 0.3) is 0 Å². The monoisotopic (exact) mass is 274 g/mol. The van der Waals surface area contributed by atoms with Gasteiger partial charge in [0.05, 0.1) is 6.07 Å². The highest BCUT2D eigenvalue weighted by molar-refractivity contribution is 5.19. The molecule has 2 heterocycles.